The van der Waals surface area contributed by atoms with Crippen LogP contribution in [-0.4, -0.2) is 61.0 Å². The molecule has 7 rings (SSSR count). The van der Waals surface area contributed by atoms with E-state index >= 15 is 0 Å². The molecule has 53 heavy (non-hydrogen) atoms. The molecule has 0 aliphatic heterocycles. The lowest BCUT2D eigenvalue weighted by Crippen LogP contribution is -2.40. The average molecular weight is 775 g/mol. The molecule has 1 saturated carbocycles. The van der Waals surface area contributed by atoms with E-state index in [4.69, 9.17) is 23.2 Å². The van der Waals surface area contributed by atoms with Gasteiger partial charge in [0, 0.05) is 75.8 Å². The summed E-state index contributed by atoms with van der Waals surface area (Å²) in [6.07, 6.45) is 9.06. The van der Waals surface area contributed by atoms with Gasteiger partial charge in [0.15, 0.2) is 0 Å². The van der Waals surface area contributed by atoms with E-state index < -0.39 is 15.4 Å². The quantitative estimate of drug-likeness (QED) is 0.159. The standard InChI is InChI=1S/C38H37Cl2N7O5S/c1-46-32-24(16-28(34(46)49)26-9-4-5-10-30(26)39)19-41-36(43-32)45-38(21-48)14-13-23(18-38)8-6-7-22-11-12-31(40)27(15-22)29-17-25-20-42-37(53(3,51)52)44-33(25)47(2)35(29)50/h4-5,9-12,15-17,19-20,23,48H,6-8,13-14,18,21H2,1-3H3,(H,41,43,45). The Balaban J connectivity index is 1.03. The Bertz CT molecular complexity index is 2650. The van der Waals surface area contributed by atoms with Crippen LogP contribution in [0, 0.1) is 5.92 Å². The van der Waals surface area contributed by atoms with Crippen molar-refractivity contribution in [3.05, 3.63) is 103 Å². The summed E-state index contributed by atoms with van der Waals surface area (Å²) in [5.74, 6) is 0.706. The number of nitrogens with zero attached hydrogens (tertiary/aromatic N) is 6. The van der Waals surface area contributed by atoms with Gasteiger partial charge >= 0.3 is 0 Å². The zero-order valence-corrected chi connectivity index (χ0v) is 31.6. The predicted molar refractivity (Wildman–Crippen MR) is 207 cm³/mol. The van der Waals surface area contributed by atoms with Gasteiger partial charge in [0.25, 0.3) is 11.1 Å². The molecule has 0 amide bonds. The first-order chi connectivity index (χ1) is 25.3. The maximum absolute atomic E-state index is 13.4. The second-order valence-corrected chi connectivity index (χ2v) is 16.6. The Morgan fingerprint density at radius 1 is 0.868 bits per heavy atom. The van der Waals surface area contributed by atoms with Crippen molar-refractivity contribution in [2.24, 2.45) is 20.0 Å². The molecule has 15 heteroatoms. The van der Waals surface area contributed by atoms with E-state index in [9.17, 15) is 23.1 Å². The smallest absolute Gasteiger partial charge is 0.259 e. The molecule has 2 atom stereocenters. The van der Waals surface area contributed by atoms with Crippen LogP contribution >= 0.6 is 23.2 Å². The lowest BCUT2D eigenvalue weighted by Gasteiger charge is -2.28. The molecule has 1 aliphatic carbocycles. The molecule has 2 N–H and O–H groups in total. The van der Waals surface area contributed by atoms with Crippen molar-refractivity contribution in [3.8, 4) is 22.3 Å². The van der Waals surface area contributed by atoms with Crippen LogP contribution in [0.25, 0.3) is 44.3 Å². The van der Waals surface area contributed by atoms with Gasteiger partial charge < -0.3 is 10.4 Å². The van der Waals surface area contributed by atoms with Crippen molar-refractivity contribution in [3.63, 3.8) is 0 Å². The Morgan fingerprint density at radius 2 is 1.51 bits per heavy atom. The van der Waals surface area contributed by atoms with Gasteiger partial charge in [-0.3, -0.25) is 18.7 Å². The summed E-state index contributed by atoms with van der Waals surface area (Å²) in [5.41, 5.74) is 2.60. The molecule has 0 spiro atoms. The summed E-state index contributed by atoms with van der Waals surface area (Å²) in [4.78, 5) is 44.1. The number of aliphatic hydroxyl groups excluding tert-OH is 1. The van der Waals surface area contributed by atoms with Gasteiger partial charge in [0.1, 0.15) is 11.3 Å². The zero-order valence-electron chi connectivity index (χ0n) is 29.3. The summed E-state index contributed by atoms with van der Waals surface area (Å²) >= 11 is 13.0. The van der Waals surface area contributed by atoms with E-state index in [1.54, 1.807) is 44.6 Å². The van der Waals surface area contributed by atoms with Crippen molar-refractivity contribution in [1.82, 2.24) is 29.1 Å². The molecule has 12 nitrogen and oxygen atoms in total. The number of pyridine rings is 2. The first-order valence-electron chi connectivity index (χ1n) is 17.1. The number of fused-ring (bicyclic) bond motifs is 2. The lowest BCUT2D eigenvalue weighted by molar-refractivity contribution is 0.208. The average Bonchev–Trinajstić information content (AvgIpc) is 3.55. The molecule has 1 fully saturated rings. The highest BCUT2D eigenvalue weighted by Gasteiger charge is 2.39. The summed E-state index contributed by atoms with van der Waals surface area (Å²) in [6.45, 7) is -0.0862. The minimum Gasteiger partial charge on any atom is -0.394 e. The van der Waals surface area contributed by atoms with Crippen LogP contribution in [-0.2, 0) is 30.4 Å². The van der Waals surface area contributed by atoms with E-state index in [0.29, 0.717) is 60.6 Å². The van der Waals surface area contributed by atoms with Gasteiger partial charge in [0.05, 0.1) is 12.1 Å². The van der Waals surface area contributed by atoms with Crippen LogP contribution in [0.1, 0.15) is 37.7 Å². The van der Waals surface area contributed by atoms with Crippen molar-refractivity contribution in [2.75, 3.05) is 18.2 Å². The largest absolute Gasteiger partial charge is 0.394 e. The first-order valence-corrected chi connectivity index (χ1v) is 19.8. The summed E-state index contributed by atoms with van der Waals surface area (Å²) < 4.78 is 26.8. The Kier molecular flexibility index (Phi) is 9.87. The molecule has 2 aromatic carbocycles. The van der Waals surface area contributed by atoms with Gasteiger partial charge in [-0.25, -0.2) is 18.4 Å². The Hall–Kier alpha value is -4.69. The summed E-state index contributed by atoms with van der Waals surface area (Å²) in [7, 11) is -0.434. The number of rotatable bonds is 10. The van der Waals surface area contributed by atoms with Crippen LogP contribution in [0.5, 0.6) is 0 Å². The van der Waals surface area contributed by atoms with Crippen LogP contribution < -0.4 is 16.4 Å². The van der Waals surface area contributed by atoms with Crippen molar-refractivity contribution < 1.29 is 13.5 Å². The van der Waals surface area contributed by atoms with E-state index in [1.165, 1.54) is 15.3 Å². The second-order valence-electron chi connectivity index (χ2n) is 13.9. The van der Waals surface area contributed by atoms with Crippen molar-refractivity contribution in [2.45, 2.75) is 49.2 Å². The van der Waals surface area contributed by atoms with Crippen LogP contribution in [0.2, 0.25) is 10.0 Å². The van der Waals surface area contributed by atoms with E-state index in [1.807, 2.05) is 30.3 Å². The van der Waals surface area contributed by atoms with Crippen LogP contribution in [0.3, 0.4) is 0 Å². The second kappa shape index (κ2) is 14.3. The fraction of sp³-hybridized carbons (Fsp3) is 0.316. The first kappa shape index (κ1) is 36.7. The number of nitrogens with one attached hydrogen (secondary N) is 1. The van der Waals surface area contributed by atoms with Crippen LogP contribution in [0.4, 0.5) is 5.95 Å². The maximum Gasteiger partial charge on any atom is 0.259 e. The number of benzene rings is 2. The third kappa shape index (κ3) is 7.18. The zero-order chi connectivity index (χ0) is 37.7. The molecular weight excluding hydrogens is 737 g/mol. The monoisotopic (exact) mass is 773 g/mol. The summed E-state index contributed by atoms with van der Waals surface area (Å²) in [6, 6.07) is 16.3. The van der Waals surface area contributed by atoms with E-state index in [0.717, 1.165) is 50.3 Å². The van der Waals surface area contributed by atoms with Crippen molar-refractivity contribution >= 4 is 61.1 Å². The Morgan fingerprint density at radius 3 is 2.19 bits per heavy atom. The third-order valence-electron chi connectivity index (χ3n) is 10.2. The number of hydrogen-bond acceptors (Lipinski definition) is 10. The van der Waals surface area contributed by atoms with Crippen LogP contribution in [0.15, 0.2) is 81.7 Å². The number of aromatic nitrogens is 6. The molecule has 4 aromatic heterocycles. The fourth-order valence-corrected chi connectivity index (χ4v) is 8.28. The van der Waals surface area contributed by atoms with Gasteiger partial charge in [-0.05, 0) is 73.9 Å². The molecule has 2 unspecified atom stereocenters. The van der Waals surface area contributed by atoms with E-state index in [2.05, 4.69) is 25.3 Å². The van der Waals surface area contributed by atoms with Gasteiger partial charge in [-0.1, -0.05) is 53.9 Å². The number of aliphatic hydroxyl groups is 1. The minimum absolute atomic E-state index is 0.0862. The highest BCUT2D eigenvalue weighted by molar-refractivity contribution is 7.90. The molecule has 274 valence electrons. The highest BCUT2D eigenvalue weighted by Crippen LogP contribution is 2.39. The fourth-order valence-electron chi connectivity index (χ4n) is 7.33. The molecule has 0 bridgehead atoms. The number of anilines is 1. The van der Waals surface area contributed by atoms with Gasteiger partial charge in [-0.15, -0.1) is 0 Å². The molecule has 4 heterocycles. The molecule has 6 aromatic rings. The highest BCUT2D eigenvalue weighted by atomic mass is 35.5. The number of hydrogen-bond donors (Lipinski definition) is 2. The Labute approximate surface area is 315 Å². The topological polar surface area (TPSA) is 162 Å². The third-order valence-corrected chi connectivity index (χ3v) is 11.7. The molecule has 0 saturated heterocycles. The number of sulfone groups is 1. The van der Waals surface area contributed by atoms with Crippen molar-refractivity contribution in [1.29, 1.82) is 0 Å². The predicted octanol–water partition coefficient (Wildman–Crippen LogP) is 5.98. The van der Waals surface area contributed by atoms with E-state index in [-0.39, 0.29) is 28.5 Å². The summed E-state index contributed by atoms with van der Waals surface area (Å²) in [5, 5.41) is 15.7. The lowest BCUT2D eigenvalue weighted by atomic mass is 9.93. The number of halogens is 2. The number of aryl methyl sites for hydroxylation is 3. The maximum atomic E-state index is 13.4. The molecule has 1 aliphatic rings. The minimum atomic E-state index is -3.65. The normalized spacial score (nSPS) is 17.5. The molecular formula is C38H37Cl2N7O5S. The molecule has 0 radical (unpaired) electrons. The van der Waals surface area contributed by atoms with Gasteiger partial charge in [0.2, 0.25) is 20.9 Å². The van der Waals surface area contributed by atoms with Gasteiger partial charge in [-0.2, -0.15) is 9.97 Å². The SMILES string of the molecule is Cn1c(=O)c(-c2ccccc2Cl)cc2cnc(NC3(CO)CCC(CCCc4ccc(Cl)c(-c5cc6cnc(S(C)(=O)=O)nc6n(C)c5=O)c4)C3)nc21.